The van der Waals surface area contributed by atoms with E-state index < -0.39 is 32.4 Å². The zero-order valence-electron chi connectivity index (χ0n) is 13.5. The van der Waals surface area contributed by atoms with Gasteiger partial charge in [0.25, 0.3) is 5.69 Å². The van der Waals surface area contributed by atoms with Crippen molar-refractivity contribution < 1.29 is 22.5 Å². The van der Waals surface area contributed by atoms with E-state index in [9.17, 15) is 27.7 Å². The summed E-state index contributed by atoms with van der Waals surface area (Å²) in [6.45, 7) is -0.338. The molecule has 11 heteroatoms. The minimum absolute atomic E-state index is 0.0283. The van der Waals surface area contributed by atoms with Crippen molar-refractivity contribution in [2.75, 3.05) is 24.2 Å². The van der Waals surface area contributed by atoms with Crippen LogP contribution in [-0.2, 0) is 14.8 Å². The lowest BCUT2D eigenvalue weighted by Gasteiger charge is -2.09. The summed E-state index contributed by atoms with van der Waals surface area (Å²) in [7, 11) is -2.66. The molecule has 0 fully saturated rings. The molecule has 2 rings (SSSR count). The van der Waals surface area contributed by atoms with Crippen LogP contribution in [0.5, 0.6) is 0 Å². The SMILES string of the molecule is CNS(=O)(=O)c1ccc(NCC(=O)Nc2cccc(F)c2)c([N+](=O)[O-])c1. The first-order valence-electron chi connectivity index (χ1n) is 7.24. The second-order valence-corrected chi connectivity index (χ2v) is 6.94. The van der Waals surface area contributed by atoms with E-state index in [2.05, 4.69) is 15.4 Å². The summed E-state index contributed by atoms with van der Waals surface area (Å²) in [5.41, 5.74) is -0.291. The van der Waals surface area contributed by atoms with Crippen LogP contribution in [0.2, 0.25) is 0 Å². The first-order valence-corrected chi connectivity index (χ1v) is 8.72. The highest BCUT2D eigenvalue weighted by Gasteiger charge is 2.20. The summed E-state index contributed by atoms with van der Waals surface area (Å²) >= 11 is 0. The third-order valence-corrected chi connectivity index (χ3v) is 4.70. The summed E-state index contributed by atoms with van der Waals surface area (Å²) in [5.74, 6) is -1.08. The molecule has 0 aromatic heterocycles. The Hall–Kier alpha value is -3.05. The molecule has 0 atom stereocenters. The van der Waals surface area contributed by atoms with Gasteiger partial charge in [-0.05, 0) is 37.4 Å². The number of benzene rings is 2. The van der Waals surface area contributed by atoms with Crippen molar-refractivity contribution in [2.24, 2.45) is 0 Å². The normalized spacial score (nSPS) is 11.0. The Kier molecular flexibility index (Phi) is 5.85. The summed E-state index contributed by atoms with van der Waals surface area (Å²) in [6.07, 6.45) is 0. The maximum atomic E-state index is 13.1. The molecule has 0 saturated heterocycles. The number of hydrogen-bond acceptors (Lipinski definition) is 6. The Labute approximate surface area is 148 Å². The predicted molar refractivity (Wildman–Crippen MR) is 92.9 cm³/mol. The molecule has 0 aliphatic carbocycles. The third kappa shape index (κ3) is 4.74. The molecular formula is C15H15FN4O5S. The van der Waals surface area contributed by atoms with Gasteiger partial charge in [-0.2, -0.15) is 0 Å². The molecule has 9 nitrogen and oxygen atoms in total. The summed E-state index contributed by atoms with van der Waals surface area (Å²) in [5, 5.41) is 16.2. The molecular weight excluding hydrogens is 367 g/mol. The highest BCUT2D eigenvalue weighted by Crippen LogP contribution is 2.27. The average molecular weight is 382 g/mol. The molecule has 138 valence electrons. The lowest BCUT2D eigenvalue weighted by atomic mass is 10.2. The maximum absolute atomic E-state index is 13.1. The molecule has 0 aliphatic rings. The molecule has 2 aromatic carbocycles. The lowest BCUT2D eigenvalue weighted by Crippen LogP contribution is -2.22. The molecule has 3 N–H and O–H groups in total. The number of carbonyl (C=O) groups excluding carboxylic acids is 1. The van der Waals surface area contributed by atoms with Crippen LogP contribution in [-0.4, -0.2) is 32.8 Å². The number of amides is 1. The van der Waals surface area contributed by atoms with Crippen molar-refractivity contribution in [1.29, 1.82) is 0 Å². The molecule has 0 aliphatic heterocycles. The number of rotatable bonds is 7. The lowest BCUT2D eigenvalue weighted by molar-refractivity contribution is -0.384. The Morgan fingerprint density at radius 3 is 2.58 bits per heavy atom. The minimum atomic E-state index is -3.84. The number of hydrogen-bond donors (Lipinski definition) is 3. The fourth-order valence-corrected chi connectivity index (χ4v) is 2.79. The number of carbonyl (C=O) groups is 1. The number of anilines is 2. The van der Waals surface area contributed by atoms with Crippen LogP contribution in [0.3, 0.4) is 0 Å². The van der Waals surface area contributed by atoms with Crippen molar-refractivity contribution in [3.63, 3.8) is 0 Å². The van der Waals surface area contributed by atoms with Gasteiger partial charge in [-0.3, -0.25) is 14.9 Å². The standard InChI is InChI=1S/C15H15FN4O5S/c1-17-26(24,25)12-5-6-13(14(8-12)20(22)23)18-9-15(21)19-11-4-2-3-10(16)7-11/h2-8,17-18H,9H2,1H3,(H,19,21). The van der Waals surface area contributed by atoms with Crippen LogP contribution in [0.15, 0.2) is 47.4 Å². The fraction of sp³-hybridized carbons (Fsp3) is 0.133. The van der Waals surface area contributed by atoms with E-state index in [-0.39, 0.29) is 22.8 Å². The van der Waals surface area contributed by atoms with Gasteiger partial charge < -0.3 is 10.6 Å². The van der Waals surface area contributed by atoms with Crippen LogP contribution in [0.4, 0.5) is 21.5 Å². The Bertz CT molecular complexity index is 949. The number of halogens is 1. The van der Waals surface area contributed by atoms with Gasteiger partial charge in [0, 0.05) is 11.8 Å². The molecule has 0 spiro atoms. The topological polar surface area (TPSA) is 130 Å². The Morgan fingerprint density at radius 2 is 1.96 bits per heavy atom. The number of nitrogens with zero attached hydrogens (tertiary/aromatic N) is 1. The number of nitro benzene ring substituents is 1. The van der Waals surface area contributed by atoms with Gasteiger partial charge in [0.15, 0.2) is 0 Å². The van der Waals surface area contributed by atoms with E-state index in [1.165, 1.54) is 37.4 Å². The summed E-state index contributed by atoms with van der Waals surface area (Å²) in [4.78, 5) is 22.0. The van der Waals surface area contributed by atoms with E-state index in [0.717, 1.165) is 12.1 Å². The Morgan fingerprint density at radius 1 is 1.23 bits per heavy atom. The molecule has 0 bridgehead atoms. The average Bonchev–Trinajstić information content (AvgIpc) is 2.59. The number of sulfonamides is 1. The fourth-order valence-electron chi connectivity index (χ4n) is 2.04. The largest absolute Gasteiger partial charge is 0.371 e. The zero-order chi connectivity index (χ0) is 19.3. The molecule has 0 saturated carbocycles. The number of nitro groups is 1. The van der Waals surface area contributed by atoms with E-state index in [4.69, 9.17) is 0 Å². The van der Waals surface area contributed by atoms with Crippen LogP contribution in [0, 0.1) is 15.9 Å². The van der Waals surface area contributed by atoms with E-state index in [0.29, 0.717) is 0 Å². The molecule has 2 aromatic rings. The third-order valence-electron chi connectivity index (χ3n) is 3.29. The summed E-state index contributed by atoms with van der Waals surface area (Å²) in [6, 6.07) is 8.50. The summed E-state index contributed by atoms with van der Waals surface area (Å²) < 4.78 is 38.6. The van der Waals surface area contributed by atoms with Crippen LogP contribution in [0.25, 0.3) is 0 Å². The Balaban J connectivity index is 2.13. The molecule has 1 amide bonds. The smallest absolute Gasteiger partial charge is 0.293 e. The van der Waals surface area contributed by atoms with Gasteiger partial charge in [-0.1, -0.05) is 6.07 Å². The van der Waals surface area contributed by atoms with Gasteiger partial charge in [0.1, 0.15) is 11.5 Å². The van der Waals surface area contributed by atoms with Crippen LogP contribution < -0.4 is 15.4 Å². The second-order valence-electron chi connectivity index (χ2n) is 5.06. The van der Waals surface area contributed by atoms with Crippen molar-refractivity contribution >= 4 is 33.0 Å². The van der Waals surface area contributed by atoms with Crippen molar-refractivity contribution in [3.05, 3.63) is 58.4 Å². The van der Waals surface area contributed by atoms with Crippen LogP contribution in [0.1, 0.15) is 0 Å². The molecule has 26 heavy (non-hydrogen) atoms. The second kappa shape index (κ2) is 7.89. The van der Waals surface area contributed by atoms with Crippen LogP contribution >= 0.6 is 0 Å². The van der Waals surface area contributed by atoms with E-state index in [1.54, 1.807) is 0 Å². The molecule has 0 radical (unpaired) electrons. The highest BCUT2D eigenvalue weighted by atomic mass is 32.2. The van der Waals surface area contributed by atoms with Crippen molar-refractivity contribution in [2.45, 2.75) is 4.90 Å². The van der Waals surface area contributed by atoms with Gasteiger partial charge in [0.2, 0.25) is 15.9 Å². The predicted octanol–water partition coefficient (Wildman–Crippen LogP) is 1.69. The highest BCUT2D eigenvalue weighted by molar-refractivity contribution is 7.89. The van der Waals surface area contributed by atoms with Gasteiger partial charge in [-0.15, -0.1) is 0 Å². The van der Waals surface area contributed by atoms with Gasteiger partial charge in [0.05, 0.1) is 16.4 Å². The molecule has 0 heterocycles. The maximum Gasteiger partial charge on any atom is 0.293 e. The van der Waals surface area contributed by atoms with Gasteiger partial charge in [-0.25, -0.2) is 17.5 Å². The quantitative estimate of drug-likeness (QED) is 0.493. The van der Waals surface area contributed by atoms with E-state index >= 15 is 0 Å². The van der Waals surface area contributed by atoms with Crippen molar-refractivity contribution in [1.82, 2.24) is 4.72 Å². The van der Waals surface area contributed by atoms with Crippen molar-refractivity contribution in [3.8, 4) is 0 Å². The monoisotopic (exact) mass is 382 g/mol. The first kappa shape index (κ1) is 19.3. The zero-order valence-corrected chi connectivity index (χ0v) is 14.3. The first-order chi connectivity index (χ1) is 12.2. The molecule has 0 unspecified atom stereocenters. The minimum Gasteiger partial charge on any atom is -0.371 e. The van der Waals surface area contributed by atoms with E-state index in [1.807, 2.05) is 0 Å². The van der Waals surface area contributed by atoms with Gasteiger partial charge >= 0.3 is 0 Å². The number of nitrogens with one attached hydrogen (secondary N) is 3.